The van der Waals surface area contributed by atoms with Gasteiger partial charge in [-0.05, 0) is 54.6 Å². The molecule has 2 aromatic rings. The Hall–Kier alpha value is -1.03. The molecule has 2 rings (SSSR count). The van der Waals surface area contributed by atoms with Crippen molar-refractivity contribution in [3.63, 3.8) is 0 Å². The minimum absolute atomic E-state index is 0.178. The van der Waals surface area contributed by atoms with Crippen LogP contribution in [0.2, 0.25) is 5.02 Å². The van der Waals surface area contributed by atoms with E-state index in [4.69, 9.17) is 11.6 Å². The minimum atomic E-state index is -0.373. The zero-order chi connectivity index (χ0) is 15.2. The maximum absolute atomic E-state index is 13.2. The first-order valence-corrected chi connectivity index (χ1v) is 8.34. The Morgan fingerprint density at radius 1 is 1.19 bits per heavy atom. The van der Waals surface area contributed by atoms with Crippen LogP contribution in [0, 0.1) is 5.82 Å². The number of likely N-dealkylation sites (N-methyl/N-ethyl adjacent to an activating group) is 1. The Labute approximate surface area is 134 Å². The molecule has 21 heavy (non-hydrogen) atoms. The summed E-state index contributed by atoms with van der Waals surface area (Å²) in [4.78, 5) is 1.28. The molecule has 1 unspecified atom stereocenters. The average molecular weight is 324 g/mol. The third kappa shape index (κ3) is 4.47. The lowest BCUT2D eigenvalue weighted by molar-refractivity contribution is 0.588. The fourth-order valence-electron chi connectivity index (χ4n) is 2.25. The van der Waals surface area contributed by atoms with Crippen molar-refractivity contribution in [1.82, 2.24) is 5.32 Å². The van der Waals surface area contributed by atoms with E-state index in [2.05, 4.69) is 36.5 Å². The summed E-state index contributed by atoms with van der Waals surface area (Å²) in [6, 6.07) is 13.7. The van der Waals surface area contributed by atoms with E-state index in [1.807, 2.05) is 18.8 Å². The van der Waals surface area contributed by atoms with Crippen LogP contribution in [0.3, 0.4) is 0 Å². The summed E-state index contributed by atoms with van der Waals surface area (Å²) in [6.45, 7) is 2.15. The standard InChI is InChI=1S/C17H19ClFNS/c1-3-21-14-7-5-13(6-8-14)17(20-2)11-12-4-9-16(19)15(18)10-12/h4-10,17,20H,3,11H2,1-2H3. The van der Waals surface area contributed by atoms with Gasteiger partial charge in [0.1, 0.15) is 5.82 Å². The topological polar surface area (TPSA) is 12.0 Å². The van der Waals surface area contributed by atoms with Crippen LogP contribution in [0.15, 0.2) is 47.4 Å². The number of nitrogens with one attached hydrogen (secondary N) is 1. The van der Waals surface area contributed by atoms with Gasteiger partial charge in [0, 0.05) is 10.9 Å². The number of halogens is 2. The van der Waals surface area contributed by atoms with Crippen molar-refractivity contribution < 1.29 is 4.39 Å². The Balaban J connectivity index is 2.13. The molecule has 0 spiro atoms. The van der Waals surface area contributed by atoms with Crippen molar-refractivity contribution in [2.45, 2.75) is 24.3 Å². The predicted molar refractivity (Wildman–Crippen MR) is 89.8 cm³/mol. The summed E-state index contributed by atoms with van der Waals surface area (Å²) in [7, 11) is 1.94. The summed E-state index contributed by atoms with van der Waals surface area (Å²) < 4.78 is 13.2. The van der Waals surface area contributed by atoms with E-state index in [9.17, 15) is 4.39 Å². The van der Waals surface area contributed by atoms with Gasteiger partial charge in [-0.2, -0.15) is 0 Å². The lowest BCUT2D eigenvalue weighted by Gasteiger charge is -2.17. The third-order valence-electron chi connectivity index (χ3n) is 3.37. The number of hydrogen-bond acceptors (Lipinski definition) is 2. The van der Waals surface area contributed by atoms with Crippen LogP contribution >= 0.6 is 23.4 Å². The number of hydrogen-bond donors (Lipinski definition) is 1. The zero-order valence-corrected chi connectivity index (χ0v) is 13.8. The predicted octanol–water partition coefficient (Wildman–Crippen LogP) is 5.09. The maximum atomic E-state index is 13.2. The second-order valence-electron chi connectivity index (χ2n) is 4.80. The Bertz CT molecular complexity index is 586. The second-order valence-corrected chi connectivity index (χ2v) is 6.54. The van der Waals surface area contributed by atoms with E-state index in [0.717, 1.165) is 17.7 Å². The van der Waals surface area contributed by atoms with Gasteiger partial charge in [0.2, 0.25) is 0 Å². The van der Waals surface area contributed by atoms with Crippen LogP contribution in [0.5, 0.6) is 0 Å². The highest BCUT2D eigenvalue weighted by Crippen LogP contribution is 2.24. The van der Waals surface area contributed by atoms with Crippen molar-refractivity contribution in [2.24, 2.45) is 0 Å². The smallest absolute Gasteiger partial charge is 0.141 e. The highest BCUT2D eigenvalue weighted by atomic mass is 35.5. The molecule has 2 aromatic carbocycles. The molecule has 1 nitrogen and oxygen atoms in total. The van der Waals surface area contributed by atoms with E-state index in [1.165, 1.54) is 16.5 Å². The number of benzene rings is 2. The minimum Gasteiger partial charge on any atom is -0.313 e. The van der Waals surface area contributed by atoms with E-state index >= 15 is 0 Å². The third-order valence-corrected chi connectivity index (χ3v) is 4.55. The summed E-state index contributed by atoms with van der Waals surface area (Å²) in [5.41, 5.74) is 2.24. The fraction of sp³-hybridized carbons (Fsp3) is 0.294. The van der Waals surface area contributed by atoms with Gasteiger partial charge < -0.3 is 5.32 Å². The first-order chi connectivity index (χ1) is 10.1. The van der Waals surface area contributed by atoms with Gasteiger partial charge in [0.15, 0.2) is 0 Å². The van der Waals surface area contributed by atoms with Crippen molar-refractivity contribution in [3.8, 4) is 0 Å². The summed E-state index contributed by atoms with van der Waals surface area (Å²) in [5, 5.41) is 3.49. The summed E-state index contributed by atoms with van der Waals surface area (Å²) in [6.07, 6.45) is 0.775. The Morgan fingerprint density at radius 3 is 2.48 bits per heavy atom. The average Bonchev–Trinajstić information content (AvgIpc) is 2.50. The molecule has 0 amide bonds. The second kappa shape index (κ2) is 7.83. The molecule has 112 valence electrons. The van der Waals surface area contributed by atoms with E-state index in [-0.39, 0.29) is 16.9 Å². The molecule has 0 aromatic heterocycles. The molecule has 0 aliphatic carbocycles. The lowest BCUT2D eigenvalue weighted by atomic mass is 9.99. The zero-order valence-electron chi connectivity index (χ0n) is 12.2. The van der Waals surface area contributed by atoms with E-state index in [0.29, 0.717) is 0 Å². The van der Waals surface area contributed by atoms with Gasteiger partial charge in [-0.1, -0.05) is 36.7 Å². The van der Waals surface area contributed by atoms with Gasteiger partial charge in [0.25, 0.3) is 0 Å². The molecule has 0 aliphatic heterocycles. The van der Waals surface area contributed by atoms with Crippen LogP contribution < -0.4 is 5.32 Å². The van der Waals surface area contributed by atoms with Gasteiger partial charge in [-0.15, -0.1) is 11.8 Å². The van der Waals surface area contributed by atoms with Gasteiger partial charge in [-0.25, -0.2) is 4.39 Å². The SMILES string of the molecule is CCSc1ccc(C(Cc2ccc(F)c(Cl)c2)NC)cc1. The molecule has 0 aliphatic rings. The van der Waals surface area contributed by atoms with Crippen LogP contribution in [0.1, 0.15) is 24.1 Å². The van der Waals surface area contributed by atoms with Gasteiger partial charge in [0.05, 0.1) is 5.02 Å². The quantitative estimate of drug-likeness (QED) is 0.743. The summed E-state index contributed by atoms with van der Waals surface area (Å²) >= 11 is 7.68. The molecular weight excluding hydrogens is 305 g/mol. The Morgan fingerprint density at radius 2 is 1.90 bits per heavy atom. The first-order valence-electron chi connectivity index (χ1n) is 6.98. The highest BCUT2D eigenvalue weighted by molar-refractivity contribution is 7.99. The van der Waals surface area contributed by atoms with Crippen molar-refractivity contribution in [3.05, 3.63) is 64.4 Å². The monoisotopic (exact) mass is 323 g/mol. The van der Waals surface area contributed by atoms with Crippen molar-refractivity contribution in [1.29, 1.82) is 0 Å². The normalized spacial score (nSPS) is 12.4. The lowest BCUT2D eigenvalue weighted by Crippen LogP contribution is -2.18. The Kier molecular flexibility index (Phi) is 6.09. The van der Waals surface area contributed by atoms with Crippen LogP contribution in [-0.2, 0) is 6.42 Å². The molecule has 4 heteroatoms. The summed E-state index contributed by atoms with van der Waals surface area (Å²) in [5.74, 6) is 0.699. The van der Waals surface area contributed by atoms with Crippen LogP contribution in [0.25, 0.3) is 0 Å². The molecule has 0 bridgehead atoms. The molecule has 0 saturated carbocycles. The molecular formula is C17H19ClFNS. The maximum Gasteiger partial charge on any atom is 0.141 e. The van der Waals surface area contributed by atoms with E-state index < -0.39 is 0 Å². The van der Waals surface area contributed by atoms with Crippen molar-refractivity contribution in [2.75, 3.05) is 12.8 Å². The van der Waals surface area contributed by atoms with E-state index in [1.54, 1.807) is 12.1 Å². The molecule has 0 heterocycles. The van der Waals surface area contributed by atoms with Crippen LogP contribution in [0.4, 0.5) is 4.39 Å². The number of thioether (sulfide) groups is 1. The molecule has 1 atom stereocenters. The molecule has 0 fully saturated rings. The molecule has 0 radical (unpaired) electrons. The van der Waals surface area contributed by atoms with Crippen molar-refractivity contribution >= 4 is 23.4 Å². The van der Waals surface area contributed by atoms with Gasteiger partial charge >= 0.3 is 0 Å². The fourth-order valence-corrected chi connectivity index (χ4v) is 3.12. The largest absolute Gasteiger partial charge is 0.313 e. The van der Waals surface area contributed by atoms with Crippen LogP contribution in [-0.4, -0.2) is 12.8 Å². The molecule has 0 saturated heterocycles. The highest BCUT2D eigenvalue weighted by Gasteiger charge is 2.11. The number of rotatable bonds is 6. The van der Waals surface area contributed by atoms with Gasteiger partial charge in [-0.3, -0.25) is 0 Å². The first kappa shape index (κ1) is 16.3. The molecule has 1 N–H and O–H groups in total.